The SMILES string of the molecule is CC[C@@H](C)NC(=O)[C@@H](Cc1ccccc1)N(Cc1ccccc1Cl)C(=O)COc1cc(C)c(Br)c(C)c1. The van der Waals surface area contributed by atoms with Crippen LogP contribution >= 0.6 is 27.5 Å². The van der Waals surface area contributed by atoms with Crippen LogP contribution < -0.4 is 10.1 Å². The van der Waals surface area contributed by atoms with Gasteiger partial charge in [0.15, 0.2) is 6.61 Å². The molecule has 3 rings (SSSR count). The quantitative estimate of drug-likeness (QED) is 0.274. The van der Waals surface area contributed by atoms with Gasteiger partial charge < -0.3 is 15.0 Å². The molecule has 0 saturated carbocycles. The van der Waals surface area contributed by atoms with Crippen molar-refractivity contribution in [1.82, 2.24) is 10.2 Å². The second kappa shape index (κ2) is 13.6. The Hall–Kier alpha value is -2.83. The summed E-state index contributed by atoms with van der Waals surface area (Å²) >= 11 is 10.0. The van der Waals surface area contributed by atoms with Gasteiger partial charge in [-0.2, -0.15) is 0 Å². The van der Waals surface area contributed by atoms with Crippen molar-refractivity contribution < 1.29 is 14.3 Å². The van der Waals surface area contributed by atoms with E-state index in [1.165, 1.54) is 0 Å². The lowest BCUT2D eigenvalue weighted by Crippen LogP contribution is -2.53. The summed E-state index contributed by atoms with van der Waals surface area (Å²) in [5.41, 5.74) is 3.77. The summed E-state index contributed by atoms with van der Waals surface area (Å²) < 4.78 is 6.95. The predicted molar refractivity (Wildman–Crippen MR) is 153 cm³/mol. The first kappa shape index (κ1) is 28.7. The van der Waals surface area contributed by atoms with E-state index in [0.29, 0.717) is 17.2 Å². The molecule has 0 saturated heterocycles. The third kappa shape index (κ3) is 8.08. The molecule has 0 aliphatic heterocycles. The van der Waals surface area contributed by atoms with Crippen LogP contribution in [0.1, 0.15) is 42.5 Å². The maximum absolute atomic E-state index is 13.7. The Labute approximate surface area is 233 Å². The highest BCUT2D eigenvalue weighted by Gasteiger charge is 2.31. The first-order valence-corrected chi connectivity index (χ1v) is 13.6. The second-order valence-electron chi connectivity index (χ2n) is 9.30. The minimum Gasteiger partial charge on any atom is -0.484 e. The van der Waals surface area contributed by atoms with Crippen molar-refractivity contribution in [3.63, 3.8) is 0 Å². The van der Waals surface area contributed by atoms with Crippen LogP contribution in [-0.4, -0.2) is 35.4 Å². The van der Waals surface area contributed by atoms with Gasteiger partial charge in [0.1, 0.15) is 11.8 Å². The van der Waals surface area contributed by atoms with Gasteiger partial charge in [0.25, 0.3) is 5.91 Å². The van der Waals surface area contributed by atoms with Gasteiger partial charge in [0, 0.05) is 28.5 Å². The van der Waals surface area contributed by atoms with E-state index in [-0.39, 0.29) is 31.0 Å². The van der Waals surface area contributed by atoms with Crippen LogP contribution in [0.5, 0.6) is 5.75 Å². The van der Waals surface area contributed by atoms with Gasteiger partial charge >= 0.3 is 0 Å². The van der Waals surface area contributed by atoms with E-state index in [4.69, 9.17) is 16.3 Å². The number of hydrogen-bond donors (Lipinski definition) is 1. The van der Waals surface area contributed by atoms with Gasteiger partial charge in [0.05, 0.1) is 0 Å². The normalized spacial score (nSPS) is 12.5. The number of amides is 2. The number of hydrogen-bond acceptors (Lipinski definition) is 3. The maximum atomic E-state index is 13.7. The second-order valence-corrected chi connectivity index (χ2v) is 10.5. The third-order valence-electron chi connectivity index (χ3n) is 6.34. The zero-order chi connectivity index (χ0) is 26.9. The first-order valence-electron chi connectivity index (χ1n) is 12.5. The van der Waals surface area contributed by atoms with Crippen molar-refractivity contribution in [1.29, 1.82) is 0 Å². The number of carbonyl (C=O) groups is 2. The lowest BCUT2D eigenvalue weighted by Gasteiger charge is -2.32. The molecule has 5 nitrogen and oxygen atoms in total. The van der Waals surface area contributed by atoms with Crippen LogP contribution in [-0.2, 0) is 22.6 Å². The highest BCUT2D eigenvalue weighted by molar-refractivity contribution is 9.10. The molecule has 2 amide bonds. The van der Waals surface area contributed by atoms with Crippen LogP contribution in [0.25, 0.3) is 0 Å². The van der Waals surface area contributed by atoms with E-state index < -0.39 is 6.04 Å². The number of benzene rings is 3. The fourth-order valence-corrected chi connectivity index (χ4v) is 4.45. The van der Waals surface area contributed by atoms with E-state index in [2.05, 4.69) is 21.2 Å². The van der Waals surface area contributed by atoms with Crippen molar-refractivity contribution in [3.05, 3.63) is 98.5 Å². The molecule has 0 bridgehead atoms. The fourth-order valence-electron chi connectivity index (χ4n) is 4.02. The van der Waals surface area contributed by atoms with Crippen molar-refractivity contribution in [2.24, 2.45) is 0 Å². The maximum Gasteiger partial charge on any atom is 0.261 e. The Balaban J connectivity index is 1.94. The van der Waals surface area contributed by atoms with Crippen molar-refractivity contribution in [2.45, 2.75) is 59.2 Å². The van der Waals surface area contributed by atoms with Gasteiger partial charge in [-0.1, -0.05) is 83.0 Å². The van der Waals surface area contributed by atoms with Crippen LogP contribution in [0.2, 0.25) is 5.02 Å². The van der Waals surface area contributed by atoms with E-state index in [9.17, 15) is 9.59 Å². The van der Waals surface area contributed by atoms with Gasteiger partial charge in [0.2, 0.25) is 5.91 Å². The van der Waals surface area contributed by atoms with Crippen LogP contribution in [0.15, 0.2) is 71.2 Å². The average Bonchev–Trinajstić information content (AvgIpc) is 2.89. The molecule has 1 N–H and O–H groups in total. The standard InChI is InChI=1S/C30H34BrClN2O3/c1-5-22(4)33-30(36)27(17-23-11-7-6-8-12-23)34(18-24-13-9-10-14-26(24)32)28(35)19-37-25-15-20(2)29(31)21(3)16-25/h6-16,22,27H,5,17-19H2,1-4H3,(H,33,36)/t22-,27-/m1/s1. The minimum absolute atomic E-state index is 0.0204. The summed E-state index contributed by atoms with van der Waals surface area (Å²) in [4.78, 5) is 28.9. The molecule has 0 spiro atoms. The molecule has 7 heteroatoms. The molecule has 0 aliphatic carbocycles. The lowest BCUT2D eigenvalue weighted by atomic mass is 10.0. The number of nitrogens with one attached hydrogen (secondary N) is 1. The van der Waals surface area contributed by atoms with Crippen molar-refractivity contribution in [3.8, 4) is 5.75 Å². The molecule has 0 aromatic heterocycles. The molecule has 2 atom stereocenters. The summed E-state index contributed by atoms with van der Waals surface area (Å²) in [6.07, 6.45) is 1.16. The first-order chi connectivity index (χ1) is 17.7. The zero-order valence-electron chi connectivity index (χ0n) is 21.8. The summed E-state index contributed by atoms with van der Waals surface area (Å²) in [5, 5.41) is 3.61. The van der Waals surface area contributed by atoms with E-state index in [1.54, 1.807) is 11.0 Å². The number of halogens is 2. The largest absolute Gasteiger partial charge is 0.484 e. The van der Waals surface area contributed by atoms with Crippen LogP contribution in [0, 0.1) is 13.8 Å². The van der Waals surface area contributed by atoms with Gasteiger partial charge in [-0.15, -0.1) is 0 Å². The highest BCUT2D eigenvalue weighted by atomic mass is 79.9. The molecule has 3 aromatic carbocycles. The number of ether oxygens (including phenoxy) is 1. The zero-order valence-corrected chi connectivity index (χ0v) is 24.1. The van der Waals surface area contributed by atoms with Gasteiger partial charge in [-0.3, -0.25) is 9.59 Å². The van der Waals surface area contributed by atoms with E-state index in [1.807, 2.05) is 88.4 Å². The van der Waals surface area contributed by atoms with Crippen molar-refractivity contribution >= 4 is 39.3 Å². The molecule has 37 heavy (non-hydrogen) atoms. The summed E-state index contributed by atoms with van der Waals surface area (Å²) in [7, 11) is 0. The highest BCUT2D eigenvalue weighted by Crippen LogP contribution is 2.27. The Morgan fingerprint density at radius 1 is 1.03 bits per heavy atom. The van der Waals surface area contributed by atoms with Crippen molar-refractivity contribution in [2.75, 3.05) is 6.61 Å². The molecule has 0 heterocycles. The molecular weight excluding hydrogens is 552 g/mol. The number of rotatable bonds is 11. The Kier molecular flexibility index (Phi) is 10.6. The third-order valence-corrected chi connectivity index (χ3v) is 7.96. The summed E-state index contributed by atoms with van der Waals surface area (Å²) in [6.45, 7) is 7.91. The molecular formula is C30H34BrClN2O3. The van der Waals surface area contributed by atoms with E-state index in [0.717, 1.165) is 33.1 Å². The summed E-state index contributed by atoms with van der Waals surface area (Å²) in [5.74, 6) is 0.111. The Morgan fingerprint density at radius 2 is 1.65 bits per heavy atom. The fraction of sp³-hybridized carbons (Fsp3) is 0.333. The minimum atomic E-state index is -0.739. The van der Waals surface area contributed by atoms with Crippen LogP contribution in [0.4, 0.5) is 0 Å². The Morgan fingerprint density at radius 3 is 2.27 bits per heavy atom. The van der Waals surface area contributed by atoms with Gasteiger partial charge in [-0.05, 0) is 67.6 Å². The summed E-state index contributed by atoms with van der Waals surface area (Å²) in [6, 6.07) is 20.1. The number of aryl methyl sites for hydroxylation is 2. The number of nitrogens with zero attached hydrogens (tertiary/aromatic N) is 1. The lowest BCUT2D eigenvalue weighted by molar-refractivity contribution is -0.143. The smallest absolute Gasteiger partial charge is 0.261 e. The van der Waals surface area contributed by atoms with E-state index >= 15 is 0 Å². The topological polar surface area (TPSA) is 58.6 Å². The Bertz CT molecular complexity index is 1200. The van der Waals surface area contributed by atoms with Crippen LogP contribution in [0.3, 0.4) is 0 Å². The monoisotopic (exact) mass is 584 g/mol. The van der Waals surface area contributed by atoms with Gasteiger partial charge in [-0.25, -0.2) is 0 Å². The molecule has 0 radical (unpaired) electrons. The molecule has 0 fully saturated rings. The average molecular weight is 586 g/mol. The molecule has 3 aromatic rings. The number of carbonyl (C=O) groups excluding carboxylic acids is 2. The molecule has 0 unspecified atom stereocenters. The molecule has 0 aliphatic rings. The molecule has 196 valence electrons. The predicted octanol–water partition coefficient (Wildman–Crippen LogP) is 6.65.